The zero-order chi connectivity index (χ0) is 19.6. The summed E-state index contributed by atoms with van der Waals surface area (Å²) in [5.41, 5.74) is 10.3. The molecule has 1 aliphatic rings. The monoisotopic (exact) mass is 369 g/mol. The number of piperidine rings is 1. The third-order valence-corrected chi connectivity index (χ3v) is 5.54. The Morgan fingerprint density at radius 2 is 2.11 bits per heavy atom. The molecule has 0 saturated carbocycles. The Balaban J connectivity index is 1.92. The number of carbonyl (C=O) groups excluding carboxylic acids is 1. The van der Waals surface area contributed by atoms with Crippen LogP contribution in [0.25, 0.3) is 10.9 Å². The van der Waals surface area contributed by atoms with Crippen molar-refractivity contribution in [3.05, 3.63) is 47.3 Å². The van der Waals surface area contributed by atoms with Gasteiger partial charge < -0.3 is 20.2 Å². The maximum atomic E-state index is 12.9. The van der Waals surface area contributed by atoms with Crippen LogP contribution >= 0.6 is 0 Å². The van der Waals surface area contributed by atoms with Gasteiger partial charge in [0.25, 0.3) is 5.91 Å². The van der Waals surface area contributed by atoms with Crippen LogP contribution in [0.4, 0.5) is 0 Å². The number of nitrogens with two attached hydrogens (primary N) is 2. The Bertz CT molecular complexity index is 852. The predicted molar refractivity (Wildman–Crippen MR) is 110 cm³/mol. The third kappa shape index (κ3) is 3.73. The number of hydrazine groups is 1. The van der Waals surface area contributed by atoms with E-state index in [1.165, 1.54) is 27.2 Å². The van der Waals surface area contributed by atoms with Crippen molar-refractivity contribution >= 4 is 16.8 Å². The fourth-order valence-corrected chi connectivity index (χ4v) is 4.39. The first-order chi connectivity index (χ1) is 13.0. The van der Waals surface area contributed by atoms with Crippen LogP contribution < -0.4 is 11.6 Å². The van der Waals surface area contributed by atoms with Gasteiger partial charge in [0.15, 0.2) is 0 Å². The fraction of sp³-hybridized carbons (Fsp3) is 0.476. The minimum absolute atomic E-state index is 0.00341. The lowest BCUT2D eigenvalue weighted by atomic mass is 9.91. The van der Waals surface area contributed by atoms with Crippen LogP contribution in [0.15, 0.2) is 36.0 Å². The van der Waals surface area contributed by atoms with Gasteiger partial charge in [-0.3, -0.25) is 4.79 Å². The van der Waals surface area contributed by atoms with E-state index < -0.39 is 0 Å². The zero-order valence-electron chi connectivity index (χ0n) is 16.6. The van der Waals surface area contributed by atoms with Gasteiger partial charge in [-0.2, -0.15) is 0 Å². The first kappa shape index (κ1) is 19.5. The maximum absolute atomic E-state index is 12.9. The summed E-state index contributed by atoms with van der Waals surface area (Å²) in [6, 6.07) is 8.57. The van der Waals surface area contributed by atoms with Gasteiger partial charge >= 0.3 is 0 Å². The summed E-state index contributed by atoms with van der Waals surface area (Å²) in [6.07, 6.45) is 3.72. The Labute approximate surface area is 161 Å². The highest BCUT2D eigenvalue weighted by atomic mass is 16.2. The van der Waals surface area contributed by atoms with Crippen LogP contribution in [0.3, 0.4) is 0 Å². The molecule has 6 nitrogen and oxygen atoms in total. The first-order valence-electron chi connectivity index (χ1n) is 9.73. The number of likely N-dealkylation sites (tertiary alicyclic amines) is 1. The van der Waals surface area contributed by atoms with Gasteiger partial charge in [-0.25, -0.2) is 5.84 Å². The number of benzene rings is 1. The number of carbonyl (C=O) groups is 1. The molecule has 0 spiro atoms. The number of fused-ring (bicyclic) bond motifs is 1. The van der Waals surface area contributed by atoms with Gasteiger partial charge in [0.2, 0.25) is 0 Å². The van der Waals surface area contributed by atoms with E-state index in [1.807, 2.05) is 4.90 Å². The standard InChI is InChI=1S/C21H31N5O/c1-4-26-19-10-6-5-9-18(19)15(2)20(26)16-8-7-11-25(14-16)21(27)17(12-22)13-24(3)23/h5-6,9-10,13,16H,4,7-8,11-12,14,22-23H2,1-3H3/b17-13+. The molecule has 1 amide bonds. The van der Waals surface area contributed by atoms with Crippen molar-refractivity contribution in [2.24, 2.45) is 11.6 Å². The molecular formula is C21H31N5O. The number of para-hydroxylation sites is 1. The van der Waals surface area contributed by atoms with E-state index in [0.717, 1.165) is 32.5 Å². The van der Waals surface area contributed by atoms with Crippen molar-refractivity contribution in [2.45, 2.75) is 39.2 Å². The van der Waals surface area contributed by atoms with E-state index in [1.54, 1.807) is 13.2 Å². The number of amides is 1. The van der Waals surface area contributed by atoms with E-state index in [2.05, 4.69) is 42.7 Å². The molecule has 1 aliphatic heterocycles. The van der Waals surface area contributed by atoms with Crippen LogP contribution in [0.5, 0.6) is 0 Å². The molecule has 0 aliphatic carbocycles. The SMILES string of the molecule is CCn1c(C2CCCN(C(=O)/C(=C/N(C)N)CN)C2)c(C)c2ccccc21. The quantitative estimate of drug-likeness (QED) is 0.481. The van der Waals surface area contributed by atoms with Crippen molar-refractivity contribution in [1.82, 2.24) is 14.5 Å². The highest BCUT2D eigenvalue weighted by Crippen LogP contribution is 2.35. The van der Waals surface area contributed by atoms with Crippen LogP contribution in [0, 0.1) is 6.92 Å². The van der Waals surface area contributed by atoms with Crippen LogP contribution in [-0.4, -0.2) is 47.1 Å². The smallest absolute Gasteiger partial charge is 0.252 e. The van der Waals surface area contributed by atoms with Crippen LogP contribution in [-0.2, 0) is 11.3 Å². The molecule has 1 aromatic heterocycles. The molecule has 1 unspecified atom stereocenters. The maximum Gasteiger partial charge on any atom is 0.252 e. The molecule has 4 N–H and O–H groups in total. The van der Waals surface area contributed by atoms with Gasteiger partial charge in [-0.15, -0.1) is 0 Å². The summed E-state index contributed by atoms with van der Waals surface area (Å²) in [4.78, 5) is 14.9. The fourth-order valence-electron chi connectivity index (χ4n) is 4.39. The van der Waals surface area contributed by atoms with E-state index in [-0.39, 0.29) is 12.5 Å². The van der Waals surface area contributed by atoms with Gasteiger partial charge in [-0.05, 0) is 38.3 Å². The average Bonchev–Trinajstić information content (AvgIpc) is 2.97. The van der Waals surface area contributed by atoms with Crippen molar-refractivity contribution in [3.8, 4) is 0 Å². The highest BCUT2D eigenvalue weighted by molar-refractivity contribution is 5.94. The predicted octanol–water partition coefficient (Wildman–Crippen LogP) is 2.32. The number of nitrogens with zero attached hydrogens (tertiary/aromatic N) is 3. The lowest BCUT2D eigenvalue weighted by Gasteiger charge is -2.34. The number of rotatable bonds is 5. The molecule has 1 saturated heterocycles. The Morgan fingerprint density at radius 1 is 1.37 bits per heavy atom. The van der Waals surface area contributed by atoms with Gasteiger partial charge in [-0.1, -0.05) is 18.2 Å². The normalized spacial score (nSPS) is 18.2. The van der Waals surface area contributed by atoms with Crippen LogP contribution in [0.1, 0.15) is 36.9 Å². The van der Waals surface area contributed by atoms with Crippen molar-refractivity contribution in [3.63, 3.8) is 0 Å². The number of hydrogen-bond acceptors (Lipinski definition) is 4. The van der Waals surface area contributed by atoms with Crippen molar-refractivity contribution < 1.29 is 4.79 Å². The molecule has 1 aromatic carbocycles. The summed E-state index contributed by atoms with van der Waals surface area (Å²) in [7, 11) is 1.70. The molecule has 0 radical (unpaired) electrons. The summed E-state index contributed by atoms with van der Waals surface area (Å²) in [5, 5.41) is 2.70. The van der Waals surface area contributed by atoms with E-state index in [0.29, 0.717) is 11.5 Å². The molecule has 2 aromatic rings. The summed E-state index contributed by atoms with van der Waals surface area (Å²) < 4.78 is 2.41. The topological polar surface area (TPSA) is 80.5 Å². The second-order valence-electron chi connectivity index (χ2n) is 7.39. The third-order valence-electron chi connectivity index (χ3n) is 5.54. The van der Waals surface area contributed by atoms with Crippen LogP contribution in [0.2, 0.25) is 0 Å². The average molecular weight is 370 g/mol. The van der Waals surface area contributed by atoms with E-state index in [9.17, 15) is 4.79 Å². The Kier molecular flexibility index (Phi) is 5.87. The lowest BCUT2D eigenvalue weighted by molar-refractivity contribution is -0.128. The summed E-state index contributed by atoms with van der Waals surface area (Å²) in [5.74, 6) is 6.02. The number of aromatic nitrogens is 1. The Morgan fingerprint density at radius 3 is 2.78 bits per heavy atom. The minimum Gasteiger partial charge on any atom is -0.344 e. The molecule has 1 fully saturated rings. The molecule has 146 valence electrons. The molecule has 0 bridgehead atoms. The van der Waals surface area contributed by atoms with E-state index in [4.69, 9.17) is 11.6 Å². The second-order valence-corrected chi connectivity index (χ2v) is 7.39. The van der Waals surface area contributed by atoms with Gasteiger partial charge in [0.1, 0.15) is 0 Å². The molecule has 2 heterocycles. The number of hydrogen-bond donors (Lipinski definition) is 2. The summed E-state index contributed by atoms with van der Waals surface area (Å²) >= 11 is 0. The number of aryl methyl sites for hydroxylation is 2. The molecule has 27 heavy (non-hydrogen) atoms. The van der Waals surface area contributed by atoms with E-state index >= 15 is 0 Å². The lowest BCUT2D eigenvalue weighted by Crippen LogP contribution is -2.42. The van der Waals surface area contributed by atoms with Crippen molar-refractivity contribution in [1.29, 1.82) is 0 Å². The largest absolute Gasteiger partial charge is 0.344 e. The molecular weight excluding hydrogens is 338 g/mol. The molecule has 3 rings (SSSR count). The van der Waals surface area contributed by atoms with Crippen molar-refractivity contribution in [2.75, 3.05) is 26.7 Å². The second kappa shape index (κ2) is 8.15. The molecule has 1 atom stereocenters. The first-order valence-corrected chi connectivity index (χ1v) is 9.73. The van der Waals surface area contributed by atoms with Gasteiger partial charge in [0.05, 0.1) is 0 Å². The zero-order valence-corrected chi connectivity index (χ0v) is 16.6. The highest BCUT2D eigenvalue weighted by Gasteiger charge is 2.29. The summed E-state index contributed by atoms with van der Waals surface area (Å²) in [6.45, 7) is 7.01. The molecule has 6 heteroatoms. The van der Waals surface area contributed by atoms with Gasteiger partial charge in [0, 0.05) is 67.5 Å². The minimum atomic E-state index is -0.00341. The Hall–Kier alpha value is -2.31.